The van der Waals surface area contributed by atoms with Gasteiger partial charge in [-0.1, -0.05) is 19.1 Å². The first-order valence-corrected chi connectivity index (χ1v) is 8.50. The molecule has 1 heterocycles. The molecule has 0 atom stereocenters. The molecule has 0 N–H and O–H groups in total. The van der Waals surface area contributed by atoms with E-state index < -0.39 is 0 Å². The number of rotatable bonds is 7. The second kappa shape index (κ2) is 5.75. The van der Waals surface area contributed by atoms with E-state index in [0.717, 1.165) is 24.5 Å². The molecule has 0 unspecified atom stereocenters. The number of aromatic nitrogens is 3. The molecule has 2 saturated carbocycles. The molecule has 2 aromatic rings. The molecule has 4 rings (SSSR count). The molecule has 2 fully saturated rings. The van der Waals surface area contributed by atoms with Crippen molar-refractivity contribution in [1.29, 1.82) is 0 Å². The molecule has 22 heavy (non-hydrogen) atoms. The van der Waals surface area contributed by atoms with Crippen LogP contribution in [0.4, 0.5) is 0 Å². The average Bonchev–Trinajstić information content (AvgIpc) is 3.46. The van der Waals surface area contributed by atoms with Gasteiger partial charge in [0.25, 0.3) is 0 Å². The molecule has 0 saturated heterocycles. The van der Waals surface area contributed by atoms with Crippen molar-refractivity contribution < 1.29 is 4.74 Å². The highest BCUT2D eigenvalue weighted by molar-refractivity contribution is 5.28. The lowest BCUT2D eigenvalue weighted by molar-refractivity contribution is 0.288. The fourth-order valence-electron chi connectivity index (χ4n) is 2.80. The fraction of sp³-hybridized carbons (Fsp3) is 0.556. The van der Waals surface area contributed by atoms with E-state index in [9.17, 15) is 0 Å². The summed E-state index contributed by atoms with van der Waals surface area (Å²) in [6, 6.07) is 8.35. The maximum atomic E-state index is 5.90. The zero-order chi connectivity index (χ0) is 14.9. The quantitative estimate of drug-likeness (QED) is 0.782. The summed E-state index contributed by atoms with van der Waals surface area (Å²) in [5, 5.41) is 4.72. The summed E-state index contributed by atoms with van der Waals surface area (Å²) < 4.78 is 8.00. The molecule has 4 heteroatoms. The van der Waals surface area contributed by atoms with Crippen LogP contribution in [0.1, 0.15) is 61.7 Å². The predicted octanol–water partition coefficient (Wildman–Crippen LogP) is 3.67. The van der Waals surface area contributed by atoms with Crippen LogP contribution in [-0.2, 0) is 13.0 Å². The molecule has 2 aliphatic rings. The van der Waals surface area contributed by atoms with Crippen molar-refractivity contribution in [1.82, 2.24) is 14.8 Å². The maximum Gasteiger partial charge on any atom is 0.154 e. The highest BCUT2D eigenvalue weighted by atomic mass is 16.5. The molecular weight excluding hydrogens is 274 g/mol. The second-order valence-corrected chi connectivity index (χ2v) is 6.45. The number of hydrogen-bond acceptors (Lipinski definition) is 3. The van der Waals surface area contributed by atoms with Crippen LogP contribution in [0.3, 0.4) is 0 Å². The Balaban J connectivity index is 1.40. The Hall–Kier alpha value is -1.84. The van der Waals surface area contributed by atoms with E-state index in [2.05, 4.69) is 29.8 Å². The van der Waals surface area contributed by atoms with Crippen LogP contribution >= 0.6 is 0 Å². The minimum atomic E-state index is 0.626. The first-order valence-electron chi connectivity index (χ1n) is 8.50. The zero-order valence-electron chi connectivity index (χ0n) is 13.2. The van der Waals surface area contributed by atoms with Gasteiger partial charge in [0.05, 0.1) is 6.54 Å². The summed E-state index contributed by atoms with van der Waals surface area (Å²) >= 11 is 0. The lowest BCUT2D eigenvalue weighted by Gasteiger charge is -2.09. The zero-order valence-corrected chi connectivity index (χ0v) is 13.2. The van der Waals surface area contributed by atoms with Crippen LogP contribution in [-0.4, -0.2) is 21.4 Å². The molecule has 1 aromatic carbocycles. The average molecular weight is 297 g/mol. The molecule has 116 valence electrons. The highest BCUT2D eigenvalue weighted by Crippen LogP contribution is 2.42. The first kappa shape index (κ1) is 13.8. The van der Waals surface area contributed by atoms with E-state index in [1.807, 2.05) is 6.07 Å². The van der Waals surface area contributed by atoms with Crippen molar-refractivity contribution in [3.05, 3.63) is 41.5 Å². The monoisotopic (exact) mass is 297 g/mol. The Morgan fingerprint density at radius 2 is 2.00 bits per heavy atom. The minimum absolute atomic E-state index is 0.626. The number of benzene rings is 1. The summed E-state index contributed by atoms with van der Waals surface area (Å²) in [6.45, 7) is 3.61. The SMILES string of the molecule is CCc1cccc(OCCn2nc(C3CC3)nc2C2CC2)c1. The van der Waals surface area contributed by atoms with Crippen LogP contribution in [0.2, 0.25) is 0 Å². The summed E-state index contributed by atoms with van der Waals surface area (Å²) in [5.74, 6) is 4.47. The van der Waals surface area contributed by atoms with E-state index in [0.29, 0.717) is 18.4 Å². The smallest absolute Gasteiger partial charge is 0.154 e. The van der Waals surface area contributed by atoms with Gasteiger partial charge in [0.15, 0.2) is 5.82 Å². The standard InChI is InChI=1S/C18H23N3O/c1-2-13-4-3-5-16(12-13)22-11-10-21-18(15-8-9-15)19-17(20-21)14-6-7-14/h3-5,12,14-15H,2,6-11H2,1H3. The Bertz CT molecular complexity index is 656. The molecule has 2 aliphatic carbocycles. The second-order valence-electron chi connectivity index (χ2n) is 6.45. The predicted molar refractivity (Wildman–Crippen MR) is 85.3 cm³/mol. The Morgan fingerprint density at radius 1 is 1.18 bits per heavy atom. The van der Waals surface area contributed by atoms with Gasteiger partial charge in [-0.05, 0) is 49.8 Å². The summed E-state index contributed by atoms with van der Waals surface area (Å²) in [5.41, 5.74) is 1.31. The van der Waals surface area contributed by atoms with Crippen molar-refractivity contribution in [3.63, 3.8) is 0 Å². The van der Waals surface area contributed by atoms with Gasteiger partial charge in [-0.15, -0.1) is 0 Å². The third-order valence-corrected chi connectivity index (χ3v) is 4.48. The molecule has 0 aliphatic heterocycles. The van der Waals surface area contributed by atoms with Gasteiger partial charge in [0, 0.05) is 11.8 Å². The Kier molecular flexibility index (Phi) is 3.60. The van der Waals surface area contributed by atoms with Gasteiger partial charge < -0.3 is 4.74 Å². The van der Waals surface area contributed by atoms with Gasteiger partial charge in [-0.2, -0.15) is 5.10 Å². The van der Waals surface area contributed by atoms with Crippen LogP contribution in [0.15, 0.2) is 24.3 Å². The normalized spacial score (nSPS) is 17.7. The third-order valence-electron chi connectivity index (χ3n) is 4.48. The Labute approximate surface area is 131 Å². The van der Waals surface area contributed by atoms with Gasteiger partial charge in [0.2, 0.25) is 0 Å². The summed E-state index contributed by atoms with van der Waals surface area (Å²) in [6.07, 6.45) is 6.09. The van der Waals surface area contributed by atoms with Crippen molar-refractivity contribution in [2.45, 2.75) is 57.4 Å². The Morgan fingerprint density at radius 3 is 2.73 bits per heavy atom. The topological polar surface area (TPSA) is 39.9 Å². The molecule has 4 nitrogen and oxygen atoms in total. The van der Waals surface area contributed by atoms with Crippen LogP contribution < -0.4 is 4.74 Å². The van der Waals surface area contributed by atoms with E-state index in [4.69, 9.17) is 14.8 Å². The molecule has 1 aromatic heterocycles. The summed E-state index contributed by atoms with van der Waals surface area (Å²) in [7, 11) is 0. The first-order chi connectivity index (χ1) is 10.8. The minimum Gasteiger partial charge on any atom is -0.492 e. The molecule has 0 amide bonds. The third kappa shape index (κ3) is 3.01. The van der Waals surface area contributed by atoms with Crippen LogP contribution in [0.5, 0.6) is 5.75 Å². The van der Waals surface area contributed by atoms with Gasteiger partial charge in [0.1, 0.15) is 18.2 Å². The van der Waals surface area contributed by atoms with E-state index in [1.54, 1.807) is 0 Å². The molecular formula is C18H23N3O. The number of nitrogens with zero attached hydrogens (tertiary/aromatic N) is 3. The molecule has 0 radical (unpaired) electrons. The number of ether oxygens (including phenoxy) is 1. The van der Waals surface area contributed by atoms with Gasteiger partial charge in [-0.3, -0.25) is 0 Å². The highest BCUT2D eigenvalue weighted by Gasteiger charge is 2.34. The summed E-state index contributed by atoms with van der Waals surface area (Å²) in [4.78, 5) is 4.78. The van der Waals surface area contributed by atoms with Gasteiger partial charge >= 0.3 is 0 Å². The van der Waals surface area contributed by atoms with Crippen molar-refractivity contribution in [2.24, 2.45) is 0 Å². The number of aryl methyl sites for hydroxylation is 1. The molecule has 0 bridgehead atoms. The molecule has 0 spiro atoms. The van der Waals surface area contributed by atoms with E-state index >= 15 is 0 Å². The van der Waals surface area contributed by atoms with E-state index in [-0.39, 0.29) is 0 Å². The van der Waals surface area contributed by atoms with E-state index in [1.165, 1.54) is 37.1 Å². The fourth-order valence-corrected chi connectivity index (χ4v) is 2.80. The van der Waals surface area contributed by atoms with Crippen molar-refractivity contribution in [3.8, 4) is 5.75 Å². The number of hydrogen-bond donors (Lipinski definition) is 0. The lowest BCUT2D eigenvalue weighted by atomic mass is 10.2. The van der Waals surface area contributed by atoms with Crippen molar-refractivity contribution >= 4 is 0 Å². The largest absolute Gasteiger partial charge is 0.492 e. The lowest BCUT2D eigenvalue weighted by Crippen LogP contribution is -2.12. The van der Waals surface area contributed by atoms with Gasteiger partial charge in [-0.25, -0.2) is 9.67 Å². The van der Waals surface area contributed by atoms with Crippen LogP contribution in [0, 0.1) is 0 Å². The van der Waals surface area contributed by atoms with Crippen molar-refractivity contribution in [2.75, 3.05) is 6.61 Å². The maximum absolute atomic E-state index is 5.90. The van der Waals surface area contributed by atoms with Crippen LogP contribution in [0.25, 0.3) is 0 Å².